The highest BCUT2D eigenvalue weighted by atomic mass is 16.5. The lowest BCUT2D eigenvalue weighted by Crippen LogP contribution is -2.40. The van der Waals surface area contributed by atoms with Crippen LogP contribution in [0.15, 0.2) is 24.3 Å². The Morgan fingerprint density at radius 2 is 2.14 bits per heavy atom. The minimum absolute atomic E-state index is 0.176. The molecule has 0 radical (unpaired) electrons. The van der Waals surface area contributed by atoms with Crippen molar-refractivity contribution in [3.8, 4) is 0 Å². The van der Waals surface area contributed by atoms with Gasteiger partial charge >= 0.3 is 0 Å². The van der Waals surface area contributed by atoms with Crippen LogP contribution in [0.4, 0.5) is 0 Å². The first-order valence-corrected chi connectivity index (χ1v) is 8.91. The Kier molecular flexibility index (Phi) is 4.21. The molecule has 1 aromatic carbocycles. The average molecular weight is 301 g/mol. The first kappa shape index (κ1) is 14.7. The fraction of sp³-hybridized carbons (Fsp3) is 0.684. The summed E-state index contributed by atoms with van der Waals surface area (Å²) >= 11 is 0. The molecule has 3 nitrogen and oxygen atoms in total. The van der Waals surface area contributed by atoms with Gasteiger partial charge in [0.2, 0.25) is 0 Å². The number of rotatable bonds is 5. The number of aliphatic hydroxyl groups is 1. The molecule has 2 fully saturated rings. The number of aryl methyl sites for hydroxylation is 1. The summed E-state index contributed by atoms with van der Waals surface area (Å²) in [6, 6.07) is 9.33. The number of hydrogen-bond donors (Lipinski definition) is 1. The summed E-state index contributed by atoms with van der Waals surface area (Å²) in [6.45, 7) is 2.44. The molecule has 4 unspecified atom stereocenters. The van der Waals surface area contributed by atoms with E-state index >= 15 is 0 Å². The molecule has 1 aromatic rings. The van der Waals surface area contributed by atoms with Gasteiger partial charge in [0, 0.05) is 19.1 Å². The fourth-order valence-electron chi connectivity index (χ4n) is 4.68. The summed E-state index contributed by atoms with van der Waals surface area (Å²) in [5, 5.41) is 10.3. The van der Waals surface area contributed by atoms with E-state index in [1.54, 1.807) is 0 Å². The highest BCUT2D eigenvalue weighted by Crippen LogP contribution is 2.37. The third-order valence-electron chi connectivity index (χ3n) is 5.77. The van der Waals surface area contributed by atoms with E-state index in [4.69, 9.17) is 4.74 Å². The molecule has 3 heteroatoms. The largest absolute Gasteiger partial charge is 0.389 e. The van der Waals surface area contributed by atoms with Crippen LogP contribution in [-0.2, 0) is 11.2 Å². The van der Waals surface area contributed by atoms with Crippen LogP contribution in [0.2, 0.25) is 0 Å². The fourth-order valence-corrected chi connectivity index (χ4v) is 4.68. The zero-order valence-electron chi connectivity index (χ0n) is 13.3. The minimum atomic E-state index is -0.353. The molecule has 2 bridgehead atoms. The minimum Gasteiger partial charge on any atom is -0.389 e. The molecule has 3 aliphatic rings. The molecular weight excluding hydrogens is 274 g/mol. The summed E-state index contributed by atoms with van der Waals surface area (Å²) in [6.07, 6.45) is 7.33. The number of piperidine rings is 1. The average Bonchev–Trinajstić information content (AvgIpc) is 3.15. The van der Waals surface area contributed by atoms with Crippen molar-refractivity contribution in [2.45, 2.75) is 56.8 Å². The van der Waals surface area contributed by atoms with E-state index in [1.807, 2.05) is 0 Å². The number of aliphatic hydroxyl groups excluding tert-OH is 1. The number of likely N-dealkylation sites (tertiary alicyclic amines) is 1. The van der Waals surface area contributed by atoms with Gasteiger partial charge in [-0.3, -0.25) is 4.90 Å². The van der Waals surface area contributed by atoms with Gasteiger partial charge in [0.05, 0.1) is 18.8 Å². The molecule has 4 rings (SSSR count). The normalized spacial score (nSPS) is 32.1. The lowest BCUT2D eigenvalue weighted by atomic mass is 9.89. The highest BCUT2D eigenvalue weighted by molar-refractivity contribution is 5.31. The van der Waals surface area contributed by atoms with Crippen molar-refractivity contribution < 1.29 is 9.84 Å². The summed E-state index contributed by atoms with van der Waals surface area (Å²) < 4.78 is 6.08. The Hall–Kier alpha value is -0.900. The van der Waals surface area contributed by atoms with Crippen molar-refractivity contribution in [2.24, 2.45) is 5.92 Å². The molecule has 120 valence electrons. The molecule has 1 saturated carbocycles. The second-order valence-corrected chi connectivity index (χ2v) is 7.35. The Morgan fingerprint density at radius 3 is 2.95 bits per heavy atom. The summed E-state index contributed by atoms with van der Waals surface area (Å²) in [7, 11) is 0. The third-order valence-corrected chi connectivity index (χ3v) is 5.77. The van der Waals surface area contributed by atoms with Gasteiger partial charge in [-0.25, -0.2) is 0 Å². The quantitative estimate of drug-likeness (QED) is 0.907. The Bertz CT molecular complexity index is 518. The number of benzene rings is 1. The maximum atomic E-state index is 10.3. The predicted molar refractivity (Wildman–Crippen MR) is 86.8 cm³/mol. The molecular formula is C19H27NO2. The van der Waals surface area contributed by atoms with Gasteiger partial charge in [-0.05, 0) is 55.6 Å². The Labute approximate surface area is 133 Å². The summed E-state index contributed by atoms with van der Waals surface area (Å²) in [5.41, 5.74) is 2.76. The Balaban J connectivity index is 1.30. The van der Waals surface area contributed by atoms with Gasteiger partial charge < -0.3 is 9.84 Å². The molecule has 4 atom stereocenters. The molecule has 0 amide bonds. The van der Waals surface area contributed by atoms with E-state index in [0.29, 0.717) is 6.61 Å². The molecule has 0 aromatic heterocycles. The van der Waals surface area contributed by atoms with Crippen LogP contribution in [0.3, 0.4) is 0 Å². The lowest BCUT2D eigenvalue weighted by molar-refractivity contribution is -0.0308. The first-order valence-electron chi connectivity index (χ1n) is 8.91. The number of β-amino-alcohol motifs (C(OH)–C–C–N with tert-alkyl or cyclic N) is 1. The molecule has 1 N–H and O–H groups in total. The molecule has 1 saturated heterocycles. The van der Waals surface area contributed by atoms with Crippen LogP contribution in [0.1, 0.15) is 49.3 Å². The van der Waals surface area contributed by atoms with Crippen LogP contribution in [-0.4, -0.2) is 41.8 Å². The number of ether oxygens (including phenoxy) is 1. The lowest BCUT2D eigenvalue weighted by Gasteiger charge is -2.30. The van der Waals surface area contributed by atoms with Gasteiger partial charge in [-0.2, -0.15) is 0 Å². The van der Waals surface area contributed by atoms with Crippen LogP contribution in [0.25, 0.3) is 0 Å². The number of fused-ring (bicyclic) bond motifs is 3. The second kappa shape index (κ2) is 6.31. The topological polar surface area (TPSA) is 32.7 Å². The van der Waals surface area contributed by atoms with E-state index in [9.17, 15) is 5.11 Å². The smallest absolute Gasteiger partial charge is 0.0900 e. The van der Waals surface area contributed by atoms with Crippen molar-refractivity contribution in [2.75, 3.05) is 19.7 Å². The number of nitrogens with zero attached hydrogens (tertiary/aromatic N) is 1. The molecule has 1 heterocycles. The second-order valence-electron chi connectivity index (χ2n) is 7.35. The van der Waals surface area contributed by atoms with Crippen molar-refractivity contribution in [3.05, 3.63) is 35.4 Å². The zero-order chi connectivity index (χ0) is 14.9. The monoisotopic (exact) mass is 301 g/mol. The van der Waals surface area contributed by atoms with Crippen LogP contribution < -0.4 is 0 Å². The first-order chi connectivity index (χ1) is 10.8. The van der Waals surface area contributed by atoms with Crippen LogP contribution in [0.5, 0.6) is 0 Å². The maximum Gasteiger partial charge on any atom is 0.0900 e. The van der Waals surface area contributed by atoms with Crippen molar-refractivity contribution >= 4 is 0 Å². The maximum absolute atomic E-state index is 10.3. The van der Waals surface area contributed by atoms with Gasteiger partial charge in [0.25, 0.3) is 0 Å². The van der Waals surface area contributed by atoms with E-state index in [-0.39, 0.29) is 12.2 Å². The molecule has 2 aliphatic carbocycles. The van der Waals surface area contributed by atoms with Crippen molar-refractivity contribution in [3.63, 3.8) is 0 Å². The summed E-state index contributed by atoms with van der Waals surface area (Å²) in [5.74, 6) is 0.892. The number of hydrogen-bond acceptors (Lipinski definition) is 3. The van der Waals surface area contributed by atoms with Crippen molar-refractivity contribution in [1.29, 1.82) is 0 Å². The van der Waals surface area contributed by atoms with Gasteiger partial charge in [0.15, 0.2) is 0 Å². The third kappa shape index (κ3) is 2.94. The standard InChI is InChI=1S/C19H27NO2/c21-17(12-20-11-14-8-9-16(20)10-14)13-22-19-7-3-5-15-4-1-2-6-18(15)19/h1-2,4,6,14,16-17,19,21H,3,5,7-13H2. The van der Waals surface area contributed by atoms with Gasteiger partial charge in [-0.15, -0.1) is 0 Å². The van der Waals surface area contributed by atoms with Gasteiger partial charge in [-0.1, -0.05) is 24.3 Å². The van der Waals surface area contributed by atoms with E-state index in [0.717, 1.165) is 31.3 Å². The molecule has 0 spiro atoms. The van der Waals surface area contributed by atoms with E-state index < -0.39 is 0 Å². The van der Waals surface area contributed by atoms with E-state index in [1.165, 1.54) is 43.4 Å². The van der Waals surface area contributed by atoms with Crippen LogP contribution in [0, 0.1) is 5.92 Å². The summed E-state index contributed by atoms with van der Waals surface area (Å²) in [4.78, 5) is 2.48. The SMILES string of the molecule is OC(COC1CCCc2ccccc21)CN1CC2CCC1C2. The van der Waals surface area contributed by atoms with Crippen LogP contribution >= 0.6 is 0 Å². The molecule has 22 heavy (non-hydrogen) atoms. The Morgan fingerprint density at radius 1 is 1.23 bits per heavy atom. The van der Waals surface area contributed by atoms with E-state index in [2.05, 4.69) is 29.2 Å². The zero-order valence-corrected chi connectivity index (χ0v) is 13.3. The predicted octanol–water partition coefficient (Wildman–Crippen LogP) is 2.93. The highest BCUT2D eigenvalue weighted by Gasteiger charge is 2.38. The van der Waals surface area contributed by atoms with Gasteiger partial charge in [0.1, 0.15) is 0 Å². The van der Waals surface area contributed by atoms with Crippen molar-refractivity contribution in [1.82, 2.24) is 4.90 Å². The molecule has 1 aliphatic heterocycles.